The molecule has 0 fully saturated rings. The van der Waals surface area contributed by atoms with Crippen molar-refractivity contribution in [2.75, 3.05) is 0 Å². The van der Waals surface area contributed by atoms with E-state index in [0.717, 1.165) is 0 Å². The van der Waals surface area contributed by atoms with Gasteiger partial charge in [0.2, 0.25) is 0 Å². The van der Waals surface area contributed by atoms with Crippen LogP contribution in [0.3, 0.4) is 0 Å². The van der Waals surface area contributed by atoms with Crippen molar-refractivity contribution < 1.29 is 0 Å². The van der Waals surface area contributed by atoms with Crippen LogP contribution in [0.4, 0.5) is 0 Å². The molecule has 0 saturated carbocycles. The summed E-state index contributed by atoms with van der Waals surface area (Å²) in [5.41, 5.74) is 17.8. The molecule has 0 bridgehead atoms. The first kappa shape index (κ1) is 36.7. The lowest BCUT2D eigenvalue weighted by Crippen LogP contribution is -2.26. The Balaban J connectivity index is 0.981. The molecular formula is C67H40. The number of hydrogen-bond acceptors (Lipinski definition) is 0. The van der Waals surface area contributed by atoms with Crippen LogP contribution in [0.2, 0.25) is 0 Å². The van der Waals surface area contributed by atoms with Crippen molar-refractivity contribution in [3.8, 4) is 55.6 Å². The van der Waals surface area contributed by atoms with Crippen LogP contribution in [-0.4, -0.2) is 0 Å². The fourth-order valence-electron chi connectivity index (χ4n) is 12.8. The van der Waals surface area contributed by atoms with Crippen LogP contribution in [0.5, 0.6) is 0 Å². The van der Waals surface area contributed by atoms with Crippen LogP contribution < -0.4 is 0 Å². The van der Waals surface area contributed by atoms with Gasteiger partial charge in [-0.3, -0.25) is 0 Å². The largest absolute Gasteiger partial charge is 0.0737 e. The van der Waals surface area contributed by atoms with Crippen molar-refractivity contribution in [2.24, 2.45) is 0 Å². The van der Waals surface area contributed by atoms with E-state index in [9.17, 15) is 0 Å². The SMILES string of the molecule is c1cc(-c2ccc3c4c(c5ccccc5c3c2)-c2ccc3ccccc3c2C42c3ccccc3-c3ccccc32)cc(-c2c3ccccc3c(-c3ccc4ccccc4c3)c3ccccc23)c1. The molecule has 0 aliphatic heterocycles. The fraction of sp³-hybridized carbons (Fsp3) is 0.0149. The van der Waals surface area contributed by atoms with Gasteiger partial charge in [0.25, 0.3) is 0 Å². The van der Waals surface area contributed by atoms with Gasteiger partial charge in [-0.2, -0.15) is 0 Å². The van der Waals surface area contributed by atoms with Crippen molar-refractivity contribution in [1.82, 2.24) is 0 Å². The molecule has 0 amide bonds. The molecular weight excluding hydrogens is 805 g/mol. The zero-order valence-corrected chi connectivity index (χ0v) is 36.6. The Hall–Kier alpha value is -8.58. The molecule has 0 aromatic heterocycles. The maximum atomic E-state index is 2.48. The summed E-state index contributed by atoms with van der Waals surface area (Å²) in [6.45, 7) is 0. The quantitative estimate of drug-likeness (QED) is 0.123. The van der Waals surface area contributed by atoms with Gasteiger partial charge in [-0.05, 0) is 161 Å². The first-order valence-corrected chi connectivity index (χ1v) is 23.5. The molecule has 2 aliphatic rings. The van der Waals surface area contributed by atoms with Crippen LogP contribution in [-0.2, 0) is 5.41 Å². The molecule has 0 unspecified atom stereocenters. The minimum absolute atomic E-state index is 0.496. The zero-order valence-electron chi connectivity index (χ0n) is 36.6. The summed E-state index contributed by atoms with van der Waals surface area (Å²) in [5.74, 6) is 0. The molecule has 0 heteroatoms. The fourth-order valence-corrected chi connectivity index (χ4v) is 12.8. The van der Waals surface area contributed by atoms with Gasteiger partial charge < -0.3 is 0 Å². The Kier molecular flexibility index (Phi) is 7.52. The van der Waals surface area contributed by atoms with Crippen LogP contribution in [0.25, 0.3) is 120 Å². The minimum atomic E-state index is -0.496. The number of benzene rings is 13. The van der Waals surface area contributed by atoms with Gasteiger partial charge >= 0.3 is 0 Å². The lowest BCUT2D eigenvalue weighted by Gasteiger charge is -2.32. The van der Waals surface area contributed by atoms with E-state index in [1.54, 1.807) is 0 Å². The van der Waals surface area contributed by atoms with Crippen molar-refractivity contribution in [2.45, 2.75) is 5.41 Å². The average Bonchev–Trinajstić information content (AvgIpc) is 3.88. The van der Waals surface area contributed by atoms with E-state index in [-0.39, 0.29) is 0 Å². The predicted molar refractivity (Wildman–Crippen MR) is 284 cm³/mol. The first-order valence-electron chi connectivity index (χ1n) is 23.5. The zero-order chi connectivity index (χ0) is 43.8. The second kappa shape index (κ2) is 13.7. The van der Waals surface area contributed by atoms with Gasteiger partial charge in [-0.25, -0.2) is 0 Å². The lowest BCUT2D eigenvalue weighted by molar-refractivity contribution is 0.809. The summed E-state index contributed by atoms with van der Waals surface area (Å²) in [4.78, 5) is 0. The normalized spacial score (nSPS) is 13.2. The number of rotatable bonds is 3. The Morgan fingerprint density at radius 1 is 0.209 bits per heavy atom. The summed E-state index contributed by atoms with van der Waals surface area (Å²) >= 11 is 0. The third-order valence-corrected chi connectivity index (χ3v) is 15.4. The number of fused-ring (bicyclic) bond motifs is 20. The topological polar surface area (TPSA) is 0 Å². The summed E-state index contributed by atoms with van der Waals surface area (Å²) in [6.07, 6.45) is 0. The van der Waals surface area contributed by atoms with Crippen LogP contribution >= 0.6 is 0 Å². The molecule has 13 aromatic carbocycles. The maximum absolute atomic E-state index is 2.48. The van der Waals surface area contributed by atoms with E-state index in [0.29, 0.717) is 0 Å². The van der Waals surface area contributed by atoms with Crippen LogP contribution in [0.15, 0.2) is 243 Å². The third-order valence-electron chi connectivity index (χ3n) is 15.4. The molecule has 1 spiro atoms. The van der Waals surface area contributed by atoms with Crippen LogP contribution in [0.1, 0.15) is 22.3 Å². The second-order valence-electron chi connectivity index (χ2n) is 18.6. The molecule has 67 heavy (non-hydrogen) atoms. The van der Waals surface area contributed by atoms with E-state index in [1.807, 2.05) is 0 Å². The van der Waals surface area contributed by atoms with Gasteiger partial charge in [-0.1, -0.05) is 224 Å². The Labute approximate surface area is 388 Å². The van der Waals surface area contributed by atoms with E-state index in [2.05, 4.69) is 243 Å². The van der Waals surface area contributed by atoms with E-state index in [4.69, 9.17) is 0 Å². The highest BCUT2D eigenvalue weighted by atomic mass is 14.5. The molecule has 308 valence electrons. The number of hydrogen-bond donors (Lipinski definition) is 0. The molecule has 0 saturated heterocycles. The predicted octanol–water partition coefficient (Wildman–Crippen LogP) is 18.0. The van der Waals surface area contributed by atoms with Crippen molar-refractivity contribution >= 4 is 64.6 Å². The van der Waals surface area contributed by atoms with Crippen molar-refractivity contribution in [1.29, 1.82) is 0 Å². The first-order chi connectivity index (χ1) is 33.3. The van der Waals surface area contributed by atoms with Gasteiger partial charge in [0.05, 0.1) is 5.41 Å². The van der Waals surface area contributed by atoms with E-state index >= 15 is 0 Å². The van der Waals surface area contributed by atoms with Gasteiger partial charge in [0.15, 0.2) is 0 Å². The second-order valence-corrected chi connectivity index (χ2v) is 18.6. The van der Waals surface area contributed by atoms with E-state index < -0.39 is 5.41 Å². The third kappa shape index (κ3) is 4.92. The Morgan fingerprint density at radius 2 is 0.687 bits per heavy atom. The summed E-state index contributed by atoms with van der Waals surface area (Å²) in [6, 6.07) is 91.5. The Bertz CT molecular complexity index is 4180. The van der Waals surface area contributed by atoms with Crippen molar-refractivity contribution in [3.63, 3.8) is 0 Å². The highest BCUT2D eigenvalue weighted by molar-refractivity contribution is 6.24. The molecule has 2 aliphatic carbocycles. The monoisotopic (exact) mass is 844 g/mol. The van der Waals surface area contributed by atoms with Gasteiger partial charge in [-0.15, -0.1) is 0 Å². The molecule has 0 atom stereocenters. The van der Waals surface area contributed by atoms with Gasteiger partial charge in [0, 0.05) is 0 Å². The van der Waals surface area contributed by atoms with Gasteiger partial charge in [0.1, 0.15) is 0 Å². The molecule has 0 heterocycles. The highest BCUT2D eigenvalue weighted by Crippen LogP contribution is 2.66. The Morgan fingerprint density at radius 3 is 1.36 bits per heavy atom. The molecule has 13 aromatic rings. The average molecular weight is 845 g/mol. The lowest BCUT2D eigenvalue weighted by atomic mass is 9.68. The summed E-state index contributed by atoms with van der Waals surface area (Å²) in [5, 5.41) is 15.3. The molecule has 0 nitrogen and oxygen atoms in total. The highest BCUT2D eigenvalue weighted by Gasteiger charge is 2.53. The van der Waals surface area contributed by atoms with Crippen molar-refractivity contribution in [3.05, 3.63) is 265 Å². The maximum Gasteiger partial charge on any atom is 0.0737 e. The molecule has 0 radical (unpaired) electrons. The van der Waals surface area contributed by atoms with E-state index in [1.165, 1.54) is 143 Å². The standard InChI is InChI=1S/C67H40/c1-2-18-43-38-47(33-32-41(43)16-1)63-55-28-9-7-26-53(55)62(54-27-8-10-29-56(54)63)46-20-15-19-44(39-46)45-35-36-57-59(40-45)49-22-5-6-25-52(49)64-58-37-34-42-17-3-4-21-48(42)65(58)67(66(57)64)60-30-13-11-23-50(60)51-24-12-14-31-61(51)67/h1-40H. The summed E-state index contributed by atoms with van der Waals surface area (Å²) < 4.78 is 0. The minimum Gasteiger partial charge on any atom is -0.0619 e. The summed E-state index contributed by atoms with van der Waals surface area (Å²) in [7, 11) is 0. The molecule has 0 N–H and O–H groups in total. The van der Waals surface area contributed by atoms with Crippen LogP contribution in [0, 0.1) is 0 Å². The smallest absolute Gasteiger partial charge is 0.0619 e. The molecule has 15 rings (SSSR count).